The molecule has 0 aliphatic carbocycles. The monoisotopic (exact) mass is 247 g/mol. The van der Waals surface area contributed by atoms with Gasteiger partial charge in [-0.05, 0) is 30.5 Å². The maximum atomic E-state index is 5.68. The third kappa shape index (κ3) is 2.82. The number of aromatic nitrogens is 1. The second kappa shape index (κ2) is 4.98. The molecule has 0 aliphatic heterocycles. The van der Waals surface area contributed by atoms with Gasteiger partial charge >= 0.3 is 0 Å². The first kappa shape index (κ1) is 12.9. The largest absolute Gasteiger partial charge is 0.424 e. The molecule has 1 aromatic carbocycles. The molecule has 98 valence electrons. The summed E-state index contributed by atoms with van der Waals surface area (Å²) in [6.45, 7) is 7.20. The normalized spacial score (nSPS) is 13.8. The van der Waals surface area contributed by atoms with Crippen LogP contribution in [0, 0.1) is 5.41 Å². The Hall–Kier alpha value is -1.55. The van der Waals surface area contributed by atoms with Gasteiger partial charge in [0, 0.05) is 6.04 Å². The fourth-order valence-electron chi connectivity index (χ4n) is 1.97. The first-order valence-corrected chi connectivity index (χ1v) is 6.33. The van der Waals surface area contributed by atoms with E-state index < -0.39 is 0 Å². The van der Waals surface area contributed by atoms with Crippen LogP contribution in [0.2, 0.25) is 0 Å². The van der Waals surface area contributed by atoms with Crippen molar-refractivity contribution in [3.05, 3.63) is 24.3 Å². The SMILES string of the molecule is CC(C)(C)C(CCN)Nc1nc2ccccc2o1. The van der Waals surface area contributed by atoms with Crippen molar-refractivity contribution in [3.63, 3.8) is 0 Å². The van der Waals surface area contributed by atoms with Crippen molar-refractivity contribution in [3.8, 4) is 0 Å². The van der Waals surface area contributed by atoms with Gasteiger partial charge in [0.1, 0.15) is 5.52 Å². The molecule has 1 atom stereocenters. The summed E-state index contributed by atoms with van der Waals surface area (Å²) in [6, 6.07) is 8.58. The molecule has 0 saturated carbocycles. The zero-order valence-corrected chi connectivity index (χ0v) is 11.2. The van der Waals surface area contributed by atoms with Crippen molar-refractivity contribution in [2.45, 2.75) is 33.2 Å². The average molecular weight is 247 g/mol. The summed E-state index contributed by atoms with van der Waals surface area (Å²) in [7, 11) is 0. The van der Waals surface area contributed by atoms with E-state index in [-0.39, 0.29) is 11.5 Å². The van der Waals surface area contributed by atoms with Crippen molar-refractivity contribution in [1.82, 2.24) is 4.98 Å². The van der Waals surface area contributed by atoms with E-state index >= 15 is 0 Å². The molecule has 0 fully saturated rings. The highest BCUT2D eigenvalue weighted by molar-refractivity contribution is 5.74. The molecule has 0 saturated heterocycles. The van der Waals surface area contributed by atoms with Crippen LogP contribution < -0.4 is 11.1 Å². The van der Waals surface area contributed by atoms with Crippen molar-refractivity contribution in [1.29, 1.82) is 0 Å². The third-order valence-electron chi connectivity index (χ3n) is 3.09. The number of anilines is 1. The highest BCUT2D eigenvalue weighted by Crippen LogP contribution is 2.26. The predicted molar refractivity (Wildman–Crippen MR) is 74.5 cm³/mol. The van der Waals surface area contributed by atoms with E-state index in [9.17, 15) is 0 Å². The van der Waals surface area contributed by atoms with E-state index in [1.54, 1.807) is 0 Å². The topological polar surface area (TPSA) is 64.1 Å². The molecule has 1 heterocycles. The van der Waals surface area contributed by atoms with Gasteiger partial charge in [-0.2, -0.15) is 4.98 Å². The summed E-state index contributed by atoms with van der Waals surface area (Å²) in [4.78, 5) is 4.43. The second-order valence-corrected chi connectivity index (χ2v) is 5.63. The molecular formula is C14H21N3O. The number of nitrogens with two attached hydrogens (primary N) is 1. The molecular weight excluding hydrogens is 226 g/mol. The average Bonchev–Trinajstić information content (AvgIpc) is 2.69. The van der Waals surface area contributed by atoms with Crippen LogP contribution in [0.25, 0.3) is 11.1 Å². The van der Waals surface area contributed by atoms with E-state index in [1.165, 1.54) is 0 Å². The first-order chi connectivity index (χ1) is 8.50. The van der Waals surface area contributed by atoms with Gasteiger partial charge in [0.05, 0.1) is 0 Å². The van der Waals surface area contributed by atoms with Gasteiger partial charge in [0.25, 0.3) is 6.01 Å². The summed E-state index contributed by atoms with van der Waals surface area (Å²) in [6.07, 6.45) is 0.891. The Morgan fingerprint density at radius 3 is 2.67 bits per heavy atom. The highest BCUT2D eigenvalue weighted by Gasteiger charge is 2.25. The molecule has 0 radical (unpaired) electrons. The summed E-state index contributed by atoms with van der Waals surface area (Å²) in [5, 5.41) is 3.35. The molecule has 1 unspecified atom stereocenters. The van der Waals surface area contributed by atoms with Crippen LogP contribution >= 0.6 is 0 Å². The number of hydrogen-bond donors (Lipinski definition) is 2. The molecule has 0 spiro atoms. The van der Waals surface area contributed by atoms with Gasteiger partial charge in [-0.25, -0.2) is 0 Å². The van der Waals surface area contributed by atoms with Gasteiger partial charge in [-0.3, -0.25) is 0 Å². The van der Waals surface area contributed by atoms with Crippen LogP contribution in [0.4, 0.5) is 6.01 Å². The minimum Gasteiger partial charge on any atom is -0.424 e. The predicted octanol–water partition coefficient (Wildman–Crippen LogP) is 3.00. The van der Waals surface area contributed by atoms with Crippen LogP contribution in [-0.2, 0) is 0 Å². The molecule has 0 aliphatic rings. The highest BCUT2D eigenvalue weighted by atomic mass is 16.4. The quantitative estimate of drug-likeness (QED) is 0.871. The van der Waals surface area contributed by atoms with E-state index in [2.05, 4.69) is 31.1 Å². The van der Waals surface area contributed by atoms with Crippen LogP contribution in [0.5, 0.6) is 0 Å². The van der Waals surface area contributed by atoms with E-state index in [0.717, 1.165) is 17.5 Å². The standard InChI is InChI=1S/C14H21N3O/c1-14(2,3)12(8-9-15)17-13-16-10-6-4-5-7-11(10)18-13/h4-7,12H,8-9,15H2,1-3H3,(H,16,17). The second-order valence-electron chi connectivity index (χ2n) is 5.63. The molecule has 2 aromatic rings. The Kier molecular flexibility index (Phi) is 3.57. The van der Waals surface area contributed by atoms with Gasteiger partial charge in [0.2, 0.25) is 0 Å². The Morgan fingerprint density at radius 1 is 1.33 bits per heavy atom. The Morgan fingerprint density at radius 2 is 2.06 bits per heavy atom. The Bertz CT molecular complexity index is 480. The number of para-hydroxylation sites is 2. The lowest BCUT2D eigenvalue weighted by Gasteiger charge is -2.30. The Labute approximate surface area is 108 Å². The van der Waals surface area contributed by atoms with Crippen molar-refractivity contribution in [2.24, 2.45) is 11.1 Å². The van der Waals surface area contributed by atoms with Gasteiger partial charge in [-0.1, -0.05) is 32.9 Å². The van der Waals surface area contributed by atoms with E-state index in [0.29, 0.717) is 12.6 Å². The summed E-state index contributed by atoms with van der Waals surface area (Å²) >= 11 is 0. The summed E-state index contributed by atoms with van der Waals surface area (Å²) in [5.74, 6) is 0. The molecule has 1 aromatic heterocycles. The first-order valence-electron chi connectivity index (χ1n) is 6.33. The van der Waals surface area contributed by atoms with Gasteiger partial charge in [-0.15, -0.1) is 0 Å². The number of hydrogen-bond acceptors (Lipinski definition) is 4. The minimum atomic E-state index is 0.111. The molecule has 3 N–H and O–H groups in total. The fraction of sp³-hybridized carbons (Fsp3) is 0.500. The molecule has 0 amide bonds. The maximum Gasteiger partial charge on any atom is 0.295 e. The zero-order chi connectivity index (χ0) is 13.2. The fourth-order valence-corrected chi connectivity index (χ4v) is 1.97. The van der Waals surface area contributed by atoms with Crippen LogP contribution in [0.3, 0.4) is 0 Å². The van der Waals surface area contributed by atoms with Crippen LogP contribution in [0.15, 0.2) is 28.7 Å². The molecule has 4 heteroatoms. The number of nitrogens with zero attached hydrogens (tertiary/aromatic N) is 1. The summed E-state index contributed by atoms with van der Waals surface area (Å²) in [5.41, 5.74) is 7.46. The number of rotatable bonds is 4. The molecule has 18 heavy (non-hydrogen) atoms. The Balaban J connectivity index is 2.20. The number of fused-ring (bicyclic) bond motifs is 1. The third-order valence-corrected chi connectivity index (χ3v) is 3.09. The molecule has 2 rings (SSSR count). The number of nitrogens with one attached hydrogen (secondary N) is 1. The maximum absolute atomic E-state index is 5.68. The minimum absolute atomic E-state index is 0.111. The lowest BCUT2D eigenvalue weighted by Crippen LogP contribution is -2.36. The van der Waals surface area contributed by atoms with Crippen molar-refractivity contribution < 1.29 is 4.42 Å². The molecule has 0 bridgehead atoms. The lowest BCUT2D eigenvalue weighted by atomic mass is 9.85. The van der Waals surface area contributed by atoms with Crippen LogP contribution in [-0.4, -0.2) is 17.6 Å². The number of oxazole rings is 1. The lowest BCUT2D eigenvalue weighted by molar-refractivity contribution is 0.323. The van der Waals surface area contributed by atoms with E-state index in [4.69, 9.17) is 10.2 Å². The van der Waals surface area contributed by atoms with Crippen molar-refractivity contribution in [2.75, 3.05) is 11.9 Å². The zero-order valence-electron chi connectivity index (χ0n) is 11.2. The van der Waals surface area contributed by atoms with Crippen molar-refractivity contribution >= 4 is 17.1 Å². The van der Waals surface area contributed by atoms with Crippen LogP contribution in [0.1, 0.15) is 27.2 Å². The van der Waals surface area contributed by atoms with E-state index in [1.807, 2.05) is 24.3 Å². The number of benzene rings is 1. The smallest absolute Gasteiger partial charge is 0.295 e. The van der Waals surface area contributed by atoms with Gasteiger partial charge < -0.3 is 15.5 Å². The molecule has 4 nitrogen and oxygen atoms in total. The summed E-state index contributed by atoms with van der Waals surface area (Å²) < 4.78 is 5.68. The van der Waals surface area contributed by atoms with Gasteiger partial charge in [0.15, 0.2) is 5.58 Å².